The van der Waals surface area contributed by atoms with Gasteiger partial charge in [0.2, 0.25) is 5.91 Å². The molecule has 21 heavy (non-hydrogen) atoms. The number of hydrogen-bond donors (Lipinski definition) is 2. The molecule has 0 fully saturated rings. The summed E-state index contributed by atoms with van der Waals surface area (Å²) in [7, 11) is 1.41. The first-order valence-corrected chi connectivity index (χ1v) is 7.50. The lowest BCUT2D eigenvalue weighted by molar-refractivity contribution is -0.140. The van der Waals surface area contributed by atoms with Gasteiger partial charge in [0.15, 0.2) is 0 Å². The van der Waals surface area contributed by atoms with Gasteiger partial charge in [-0.3, -0.25) is 9.59 Å². The molecule has 1 atom stereocenters. The third kappa shape index (κ3) is 7.67. The molecule has 116 valence electrons. The second-order valence-electron chi connectivity index (χ2n) is 4.38. The van der Waals surface area contributed by atoms with E-state index in [-0.39, 0.29) is 30.4 Å². The Balaban J connectivity index is 2.21. The second-order valence-corrected chi connectivity index (χ2v) is 5.36. The summed E-state index contributed by atoms with van der Waals surface area (Å²) < 4.78 is 17.7. The highest BCUT2D eigenvalue weighted by atomic mass is 32.2. The largest absolute Gasteiger partial charge is 0.481 e. The Bertz CT molecular complexity index is 467. The molecule has 1 amide bonds. The minimum absolute atomic E-state index is 0.153. The standard InChI is InChI=1S/C14H18FNO4S/c1-20-12(6-14(18)19)7-16-13(17)9-21-8-10-2-4-11(15)5-3-10/h2-5,12H,6-9H2,1H3,(H,16,17)(H,18,19). The van der Waals surface area contributed by atoms with Crippen LogP contribution in [0.4, 0.5) is 4.39 Å². The fourth-order valence-corrected chi connectivity index (χ4v) is 2.37. The highest BCUT2D eigenvalue weighted by Gasteiger charge is 2.13. The van der Waals surface area contributed by atoms with E-state index in [2.05, 4.69) is 5.32 Å². The van der Waals surface area contributed by atoms with Crippen molar-refractivity contribution in [2.24, 2.45) is 0 Å². The van der Waals surface area contributed by atoms with E-state index in [4.69, 9.17) is 9.84 Å². The van der Waals surface area contributed by atoms with E-state index in [0.29, 0.717) is 5.75 Å². The molecule has 0 aliphatic heterocycles. The van der Waals surface area contributed by atoms with Crippen LogP contribution in [0.25, 0.3) is 0 Å². The number of carboxylic acids is 1. The summed E-state index contributed by atoms with van der Waals surface area (Å²) in [5.74, 6) is -0.584. The molecule has 0 radical (unpaired) electrons. The smallest absolute Gasteiger partial charge is 0.306 e. The SMILES string of the molecule is COC(CNC(=O)CSCc1ccc(F)cc1)CC(=O)O. The zero-order valence-corrected chi connectivity index (χ0v) is 12.5. The number of carbonyl (C=O) groups excluding carboxylic acids is 1. The van der Waals surface area contributed by atoms with E-state index >= 15 is 0 Å². The number of benzene rings is 1. The maximum atomic E-state index is 12.7. The van der Waals surface area contributed by atoms with E-state index in [0.717, 1.165) is 5.56 Å². The number of carbonyl (C=O) groups is 2. The second kappa shape index (κ2) is 9.36. The van der Waals surface area contributed by atoms with E-state index in [1.54, 1.807) is 12.1 Å². The first-order chi connectivity index (χ1) is 10.0. The molecule has 1 rings (SSSR count). The molecule has 0 spiro atoms. The van der Waals surface area contributed by atoms with Crippen molar-refractivity contribution in [2.75, 3.05) is 19.4 Å². The molecule has 1 unspecified atom stereocenters. The molecule has 1 aromatic rings. The number of carboxylic acid groups (broad SMARTS) is 1. The maximum absolute atomic E-state index is 12.7. The van der Waals surface area contributed by atoms with Crippen molar-refractivity contribution in [1.82, 2.24) is 5.32 Å². The molecule has 0 saturated heterocycles. The Morgan fingerprint density at radius 3 is 2.62 bits per heavy atom. The van der Waals surface area contributed by atoms with Gasteiger partial charge in [-0.25, -0.2) is 4.39 Å². The van der Waals surface area contributed by atoms with Gasteiger partial charge in [-0.15, -0.1) is 11.8 Å². The van der Waals surface area contributed by atoms with Crippen molar-refractivity contribution >= 4 is 23.6 Å². The highest BCUT2D eigenvalue weighted by Crippen LogP contribution is 2.12. The molecule has 0 bridgehead atoms. The van der Waals surface area contributed by atoms with E-state index in [1.165, 1.54) is 31.0 Å². The first-order valence-electron chi connectivity index (χ1n) is 6.34. The monoisotopic (exact) mass is 315 g/mol. The number of ether oxygens (including phenoxy) is 1. The molecular formula is C14H18FNO4S. The molecule has 0 aliphatic rings. The number of nitrogens with one attached hydrogen (secondary N) is 1. The van der Waals surface area contributed by atoms with Crippen LogP contribution in [0, 0.1) is 5.82 Å². The lowest BCUT2D eigenvalue weighted by atomic mass is 10.2. The van der Waals surface area contributed by atoms with Gasteiger partial charge < -0.3 is 15.2 Å². The Hall–Kier alpha value is -1.60. The highest BCUT2D eigenvalue weighted by molar-refractivity contribution is 7.99. The predicted molar refractivity (Wildman–Crippen MR) is 78.6 cm³/mol. The number of methoxy groups -OCH3 is 1. The van der Waals surface area contributed by atoms with Crippen LogP contribution in [0.5, 0.6) is 0 Å². The number of amides is 1. The van der Waals surface area contributed by atoms with Crippen molar-refractivity contribution in [1.29, 1.82) is 0 Å². The van der Waals surface area contributed by atoms with Crippen molar-refractivity contribution in [2.45, 2.75) is 18.3 Å². The average molecular weight is 315 g/mol. The third-order valence-corrected chi connectivity index (χ3v) is 3.68. The zero-order valence-electron chi connectivity index (χ0n) is 11.7. The van der Waals surface area contributed by atoms with Crippen molar-refractivity contribution in [3.63, 3.8) is 0 Å². The van der Waals surface area contributed by atoms with Gasteiger partial charge in [-0.1, -0.05) is 12.1 Å². The summed E-state index contributed by atoms with van der Waals surface area (Å²) >= 11 is 1.40. The van der Waals surface area contributed by atoms with Crippen LogP contribution in [0.1, 0.15) is 12.0 Å². The zero-order chi connectivity index (χ0) is 15.7. The molecule has 2 N–H and O–H groups in total. The van der Waals surface area contributed by atoms with Gasteiger partial charge in [0.25, 0.3) is 0 Å². The Kier molecular flexibility index (Phi) is 7.78. The molecule has 5 nitrogen and oxygen atoms in total. The molecule has 0 aromatic heterocycles. The number of rotatable bonds is 9. The lowest BCUT2D eigenvalue weighted by Crippen LogP contribution is -2.35. The van der Waals surface area contributed by atoms with Crippen LogP contribution in [-0.4, -0.2) is 42.5 Å². The third-order valence-electron chi connectivity index (χ3n) is 2.68. The Morgan fingerprint density at radius 2 is 2.05 bits per heavy atom. The topological polar surface area (TPSA) is 75.6 Å². The van der Waals surface area contributed by atoms with Crippen LogP contribution in [-0.2, 0) is 20.1 Å². The minimum atomic E-state index is -0.971. The van der Waals surface area contributed by atoms with Crippen molar-refractivity contribution in [3.05, 3.63) is 35.6 Å². The molecule has 0 aliphatic carbocycles. The summed E-state index contributed by atoms with van der Waals surface area (Å²) in [6.07, 6.45) is -0.687. The molecular weight excluding hydrogens is 297 g/mol. The number of thioether (sulfide) groups is 1. The minimum Gasteiger partial charge on any atom is -0.481 e. The van der Waals surface area contributed by atoms with Gasteiger partial charge in [0, 0.05) is 19.4 Å². The van der Waals surface area contributed by atoms with Crippen molar-refractivity contribution in [3.8, 4) is 0 Å². The number of hydrogen-bond acceptors (Lipinski definition) is 4. The van der Waals surface area contributed by atoms with Crippen LogP contribution in [0.2, 0.25) is 0 Å². The van der Waals surface area contributed by atoms with Gasteiger partial charge in [0.05, 0.1) is 18.3 Å². The van der Waals surface area contributed by atoms with Gasteiger partial charge in [-0.05, 0) is 17.7 Å². The van der Waals surface area contributed by atoms with Crippen LogP contribution in [0.3, 0.4) is 0 Å². The van der Waals surface area contributed by atoms with Crippen molar-refractivity contribution < 1.29 is 23.8 Å². The van der Waals surface area contributed by atoms with Crippen LogP contribution in [0.15, 0.2) is 24.3 Å². The van der Waals surface area contributed by atoms with Gasteiger partial charge >= 0.3 is 5.97 Å². The average Bonchev–Trinajstić information content (AvgIpc) is 2.45. The molecule has 7 heteroatoms. The summed E-state index contributed by atoms with van der Waals surface area (Å²) in [6.45, 7) is 0.165. The fraction of sp³-hybridized carbons (Fsp3) is 0.429. The quantitative estimate of drug-likeness (QED) is 0.725. The van der Waals surface area contributed by atoms with Gasteiger partial charge in [-0.2, -0.15) is 0 Å². The fourth-order valence-electron chi connectivity index (χ4n) is 1.55. The predicted octanol–water partition coefficient (Wildman–Crippen LogP) is 1.66. The summed E-state index contributed by atoms with van der Waals surface area (Å²) in [4.78, 5) is 22.1. The van der Waals surface area contributed by atoms with E-state index in [1.807, 2.05) is 0 Å². The molecule has 0 saturated carbocycles. The number of aliphatic carboxylic acids is 1. The Morgan fingerprint density at radius 1 is 1.38 bits per heavy atom. The Labute approximate surface area is 126 Å². The lowest BCUT2D eigenvalue weighted by Gasteiger charge is -2.13. The maximum Gasteiger partial charge on any atom is 0.306 e. The van der Waals surface area contributed by atoms with Gasteiger partial charge in [0.1, 0.15) is 5.82 Å². The number of halogens is 1. The summed E-state index contributed by atoms with van der Waals surface area (Å²) in [5, 5.41) is 11.3. The first kappa shape index (κ1) is 17.5. The van der Waals surface area contributed by atoms with E-state index in [9.17, 15) is 14.0 Å². The molecule has 0 heterocycles. The van der Waals surface area contributed by atoms with E-state index < -0.39 is 12.1 Å². The normalized spacial score (nSPS) is 11.9. The van der Waals surface area contributed by atoms with Crippen LogP contribution < -0.4 is 5.32 Å². The molecule has 1 aromatic carbocycles. The van der Waals surface area contributed by atoms with Crippen LogP contribution >= 0.6 is 11.8 Å². The summed E-state index contributed by atoms with van der Waals surface area (Å²) in [5.41, 5.74) is 0.940. The summed E-state index contributed by atoms with van der Waals surface area (Å²) in [6, 6.07) is 6.11.